The van der Waals surface area contributed by atoms with Crippen molar-refractivity contribution in [2.24, 2.45) is 0 Å². The van der Waals surface area contributed by atoms with Crippen LogP contribution >= 0.6 is 11.6 Å². The molecular weight excluding hydrogens is 268 g/mol. The third kappa shape index (κ3) is 2.66. The Morgan fingerprint density at radius 2 is 2.21 bits per heavy atom. The number of hydrogen-bond acceptors (Lipinski definition) is 5. The molecular formula is C12H11ClN4O2. The minimum atomic E-state index is -0.622. The zero-order chi connectivity index (χ0) is 14.2. The normalized spacial score (nSPS) is 11.3. The maximum atomic E-state index is 12.0. The molecule has 0 aliphatic carbocycles. The topological polar surface area (TPSA) is 80.8 Å². The lowest BCUT2D eigenvalue weighted by molar-refractivity contribution is 0.0543. The maximum Gasteiger partial charge on any atom is 0.420 e. The molecule has 0 fully saturated rings. The molecule has 7 heteroatoms. The Kier molecular flexibility index (Phi) is 3.16. The van der Waals surface area contributed by atoms with E-state index in [0.717, 1.165) is 0 Å². The van der Waals surface area contributed by atoms with E-state index in [1.54, 1.807) is 20.8 Å². The largest absolute Gasteiger partial charge is 0.443 e. The fourth-order valence-corrected chi connectivity index (χ4v) is 1.71. The fourth-order valence-electron chi connectivity index (χ4n) is 1.52. The quantitative estimate of drug-likeness (QED) is 0.692. The first kappa shape index (κ1) is 13.3. The Balaban J connectivity index is 2.55. The molecule has 0 amide bonds. The second-order valence-corrected chi connectivity index (χ2v) is 5.26. The lowest BCUT2D eigenvalue weighted by Crippen LogP contribution is -2.26. The summed E-state index contributed by atoms with van der Waals surface area (Å²) in [7, 11) is 0. The molecule has 2 heterocycles. The molecule has 0 atom stereocenters. The van der Waals surface area contributed by atoms with Crippen molar-refractivity contribution in [2.75, 3.05) is 0 Å². The summed E-state index contributed by atoms with van der Waals surface area (Å²) in [6.45, 7) is 5.29. The van der Waals surface area contributed by atoms with Gasteiger partial charge in [0.15, 0.2) is 5.69 Å². The van der Waals surface area contributed by atoms with E-state index >= 15 is 0 Å². The maximum absolute atomic E-state index is 12.0. The molecule has 0 bridgehead atoms. The van der Waals surface area contributed by atoms with Gasteiger partial charge in [-0.25, -0.2) is 19.3 Å². The summed E-state index contributed by atoms with van der Waals surface area (Å²) in [5.41, 5.74) is 0.163. The molecule has 19 heavy (non-hydrogen) atoms. The van der Waals surface area contributed by atoms with Crippen LogP contribution in [0.2, 0.25) is 5.15 Å². The van der Waals surface area contributed by atoms with Gasteiger partial charge in [0.25, 0.3) is 0 Å². The van der Waals surface area contributed by atoms with Crippen LogP contribution in [0.1, 0.15) is 26.5 Å². The van der Waals surface area contributed by atoms with Gasteiger partial charge in [-0.15, -0.1) is 0 Å². The van der Waals surface area contributed by atoms with Crippen molar-refractivity contribution < 1.29 is 9.53 Å². The smallest absolute Gasteiger partial charge is 0.420 e. The molecule has 0 saturated heterocycles. The van der Waals surface area contributed by atoms with E-state index in [1.807, 2.05) is 6.07 Å². The summed E-state index contributed by atoms with van der Waals surface area (Å²) in [6.07, 6.45) is 0.707. The number of nitrogens with zero attached hydrogens (tertiary/aromatic N) is 4. The molecule has 6 nitrogen and oxygen atoms in total. The van der Waals surface area contributed by atoms with Crippen molar-refractivity contribution in [1.82, 2.24) is 14.5 Å². The standard InChI is InChI=1S/C12H11ClN4O2/c1-12(2,3)19-11(18)17-6-15-10-7(5-14)16-9(13)4-8(10)17/h4,6H,1-3H3. The molecule has 0 spiro atoms. The van der Waals surface area contributed by atoms with Crippen LogP contribution in [-0.4, -0.2) is 26.2 Å². The number of pyridine rings is 1. The molecule has 2 aromatic rings. The summed E-state index contributed by atoms with van der Waals surface area (Å²) >= 11 is 5.81. The van der Waals surface area contributed by atoms with Gasteiger partial charge >= 0.3 is 6.09 Å². The number of aromatic nitrogens is 3. The van der Waals surface area contributed by atoms with Crippen molar-refractivity contribution >= 4 is 28.7 Å². The van der Waals surface area contributed by atoms with Crippen LogP contribution in [0.4, 0.5) is 4.79 Å². The van der Waals surface area contributed by atoms with E-state index < -0.39 is 11.7 Å². The van der Waals surface area contributed by atoms with Crippen LogP contribution in [0.5, 0.6) is 0 Å². The molecule has 0 aromatic carbocycles. The summed E-state index contributed by atoms with van der Waals surface area (Å²) in [6, 6.07) is 3.35. The number of fused-ring (bicyclic) bond motifs is 1. The van der Waals surface area contributed by atoms with Crippen LogP contribution in [0.15, 0.2) is 12.4 Å². The number of rotatable bonds is 0. The van der Waals surface area contributed by atoms with Gasteiger partial charge in [0, 0.05) is 6.07 Å². The van der Waals surface area contributed by atoms with Crippen molar-refractivity contribution in [3.05, 3.63) is 23.2 Å². The first-order valence-corrected chi connectivity index (χ1v) is 5.86. The monoisotopic (exact) mass is 278 g/mol. The number of nitriles is 1. The van der Waals surface area contributed by atoms with Crippen molar-refractivity contribution in [3.8, 4) is 6.07 Å². The van der Waals surface area contributed by atoms with Crippen molar-refractivity contribution in [1.29, 1.82) is 5.26 Å². The summed E-state index contributed by atoms with van der Waals surface area (Å²) in [5, 5.41) is 9.08. The number of hydrogen-bond donors (Lipinski definition) is 0. The van der Waals surface area contributed by atoms with Crippen molar-refractivity contribution in [2.45, 2.75) is 26.4 Å². The van der Waals surface area contributed by atoms with E-state index in [0.29, 0.717) is 11.0 Å². The van der Waals surface area contributed by atoms with Crippen LogP contribution in [0, 0.1) is 11.3 Å². The number of imidazole rings is 1. The Bertz CT molecular complexity index is 694. The van der Waals surface area contributed by atoms with Gasteiger partial charge < -0.3 is 4.74 Å². The van der Waals surface area contributed by atoms with E-state index in [1.165, 1.54) is 17.0 Å². The van der Waals surface area contributed by atoms with Crippen LogP contribution in [0.25, 0.3) is 11.0 Å². The van der Waals surface area contributed by atoms with Gasteiger partial charge in [0.05, 0.1) is 5.52 Å². The minimum Gasteiger partial charge on any atom is -0.443 e. The van der Waals surface area contributed by atoms with E-state index in [2.05, 4.69) is 9.97 Å². The van der Waals surface area contributed by atoms with Gasteiger partial charge in [-0.05, 0) is 20.8 Å². The number of carbonyl (C=O) groups excluding carboxylic acids is 1. The van der Waals surface area contributed by atoms with Crippen molar-refractivity contribution in [3.63, 3.8) is 0 Å². The Labute approximate surface area is 114 Å². The number of halogens is 1. The van der Waals surface area contributed by atoms with Gasteiger partial charge in [-0.2, -0.15) is 5.26 Å². The van der Waals surface area contributed by atoms with Gasteiger partial charge in [-0.3, -0.25) is 0 Å². The zero-order valence-corrected chi connectivity index (χ0v) is 11.4. The highest BCUT2D eigenvalue weighted by atomic mass is 35.5. The minimum absolute atomic E-state index is 0.0739. The molecule has 0 unspecified atom stereocenters. The summed E-state index contributed by atoms with van der Waals surface area (Å²) in [4.78, 5) is 19.8. The third-order valence-electron chi connectivity index (χ3n) is 2.20. The lowest BCUT2D eigenvalue weighted by atomic mass is 10.2. The summed E-state index contributed by atoms with van der Waals surface area (Å²) < 4.78 is 6.44. The van der Waals surface area contributed by atoms with E-state index in [4.69, 9.17) is 21.6 Å². The fraction of sp³-hybridized carbons (Fsp3) is 0.333. The predicted molar refractivity (Wildman–Crippen MR) is 68.9 cm³/mol. The van der Waals surface area contributed by atoms with E-state index in [9.17, 15) is 4.79 Å². The molecule has 0 radical (unpaired) electrons. The van der Waals surface area contributed by atoms with Crippen LogP contribution in [-0.2, 0) is 4.74 Å². The number of ether oxygens (including phenoxy) is 1. The average Bonchev–Trinajstić information content (AvgIpc) is 2.69. The predicted octanol–water partition coefficient (Wildman–Crippen LogP) is 2.74. The second-order valence-electron chi connectivity index (χ2n) is 4.87. The lowest BCUT2D eigenvalue weighted by Gasteiger charge is -2.19. The highest BCUT2D eigenvalue weighted by Crippen LogP contribution is 2.21. The van der Waals surface area contributed by atoms with Gasteiger partial charge in [-0.1, -0.05) is 11.6 Å². The molecule has 0 N–H and O–H groups in total. The van der Waals surface area contributed by atoms with Gasteiger partial charge in [0.2, 0.25) is 0 Å². The molecule has 98 valence electrons. The first-order valence-electron chi connectivity index (χ1n) is 5.49. The van der Waals surface area contributed by atoms with Gasteiger partial charge in [0.1, 0.15) is 28.7 Å². The molecule has 2 rings (SSSR count). The second kappa shape index (κ2) is 4.52. The Morgan fingerprint density at radius 1 is 1.53 bits per heavy atom. The SMILES string of the molecule is CC(C)(C)OC(=O)n1cnc2c(C#N)nc(Cl)cc21. The highest BCUT2D eigenvalue weighted by Gasteiger charge is 2.21. The number of carbonyl (C=O) groups is 1. The molecule has 0 aliphatic heterocycles. The molecule has 0 aliphatic rings. The molecule has 0 saturated carbocycles. The summed E-state index contributed by atoms with van der Waals surface area (Å²) in [5.74, 6) is 0. The third-order valence-corrected chi connectivity index (χ3v) is 2.39. The first-order chi connectivity index (χ1) is 8.81. The van der Waals surface area contributed by atoms with Crippen LogP contribution < -0.4 is 0 Å². The van der Waals surface area contributed by atoms with E-state index in [-0.39, 0.29) is 10.8 Å². The average molecular weight is 279 g/mol. The Hall–Kier alpha value is -2.13. The Morgan fingerprint density at radius 3 is 2.79 bits per heavy atom. The molecule has 2 aromatic heterocycles. The van der Waals surface area contributed by atoms with Crippen LogP contribution in [0.3, 0.4) is 0 Å². The highest BCUT2D eigenvalue weighted by molar-refractivity contribution is 6.30. The zero-order valence-electron chi connectivity index (χ0n) is 10.6.